The zero-order valence-electron chi connectivity index (χ0n) is 11.4. The molecule has 1 aromatic rings. The maximum Gasteiger partial charge on any atom is 0.123 e. The Hall–Kier alpha value is -0.870. The van der Waals surface area contributed by atoms with Crippen molar-refractivity contribution in [1.82, 2.24) is 0 Å². The molecule has 0 aromatic heterocycles. The van der Waals surface area contributed by atoms with Crippen molar-refractivity contribution in [3.63, 3.8) is 0 Å². The number of methoxy groups -OCH3 is 1. The van der Waals surface area contributed by atoms with E-state index in [1.165, 1.54) is 24.3 Å². The lowest BCUT2D eigenvalue weighted by Crippen LogP contribution is -2.28. The third kappa shape index (κ3) is 4.32. The predicted molar refractivity (Wildman–Crippen MR) is 79.1 cm³/mol. The van der Waals surface area contributed by atoms with Crippen molar-refractivity contribution in [1.29, 1.82) is 0 Å². The monoisotopic (exact) mass is 282 g/mol. The maximum atomic E-state index is 9.55. The number of benzene rings is 1. The minimum absolute atomic E-state index is 0.208. The van der Waals surface area contributed by atoms with Gasteiger partial charge in [-0.15, -0.1) is 0 Å². The summed E-state index contributed by atoms with van der Waals surface area (Å²) in [5, 5.41) is 9.55. The molecule has 0 radical (unpaired) electrons. The largest absolute Gasteiger partial charge is 0.497 e. The number of rotatable bonds is 6. The molecule has 1 N–H and O–H groups in total. The van der Waals surface area contributed by atoms with Crippen molar-refractivity contribution in [3.8, 4) is 11.5 Å². The molecule has 19 heavy (non-hydrogen) atoms. The highest BCUT2D eigenvalue weighted by Crippen LogP contribution is 2.29. The highest BCUT2D eigenvalue weighted by Gasteiger charge is 2.23. The van der Waals surface area contributed by atoms with Crippen LogP contribution in [0.5, 0.6) is 11.5 Å². The molecule has 0 aliphatic carbocycles. The second kappa shape index (κ2) is 7.65. The summed E-state index contributed by atoms with van der Waals surface area (Å²) in [4.78, 5) is 0. The standard InChI is InChI=1S/C15H22O3S/c1-17-14-3-2-4-15(9-14)18-11-13(10-16)12-5-7-19-8-6-12/h2-4,9,12-13,16H,5-8,10-11H2,1H3. The summed E-state index contributed by atoms with van der Waals surface area (Å²) in [7, 11) is 1.65. The summed E-state index contributed by atoms with van der Waals surface area (Å²) >= 11 is 2.01. The minimum Gasteiger partial charge on any atom is -0.497 e. The van der Waals surface area contributed by atoms with Crippen LogP contribution in [-0.4, -0.2) is 36.9 Å². The highest BCUT2D eigenvalue weighted by molar-refractivity contribution is 7.99. The molecule has 1 aromatic carbocycles. The van der Waals surface area contributed by atoms with Crippen molar-refractivity contribution in [2.45, 2.75) is 12.8 Å². The molecule has 1 unspecified atom stereocenters. The number of aliphatic hydroxyl groups excluding tert-OH is 1. The first-order valence-corrected chi connectivity index (χ1v) is 7.94. The van der Waals surface area contributed by atoms with Crippen LogP contribution in [-0.2, 0) is 0 Å². The van der Waals surface area contributed by atoms with Crippen LogP contribution in [0.4, 0.5) is 0 Å². The van der Waals surface area contributed by atoms with E-state index in [2.05, 4.69) is 0 Å². The van der Waals surface area contributed by atoms with E-state index in [0.29, 0.717) is 12.5 Å². The van der Waals surface area contributed by atoms with E-state index < -0.39 is 0 Å². The number of aliphatic hydroxyl groups is 1. The third-order valence-electron chi connectivity index (χ3n) is 3.67. The van der Waals surface area contributed by atoms with Gasteiger partial charge in [0.05, 0.1) is 13.7 Å². The maximum absolute atomic E-state index is 9.55. The van der Waals surface area contributed by atoms with E-state index in [0.717, 1.165) is 11.5 Å². The summed E-state index contributed by atoms with van der Waals surface area (Å²) in [6, 6.07) is 7.62. The number of thioether (sulfide) groups is 1. The molecule has 0 saturated carbocycles. The Morgan fingerprint density at radius 1 is 1.32 bits per heavy atom. The molecular formula is C15H22O3S. The first-order chi connectivity index (χ1) is 9.33. The molecule has 0 amide bonds. The Labute approximate surface area is 119 Å². The van der Waals surface area contributed by atoms with E-state index >= 15 is 0 Å². The molecular weight excluding hydrogens is 260 g/mol. The molecule has 4 heteroatoms. The van der Waals surface area contributed by atoms with Gasteiger partial charge in [-0.05, 0) is 42.4 Å². The van der Waals surface area contributed by atoms with Crippen LogP contribution < -0.4 is 9.47 Å². The van der Waals surface area contributed by atoms with E-state index in [-0.39, 0.29) is 12.5 Å². The van der Waals surface area contributed by atoms with Gasteiger partial charge in [-0.25, -0.2) is 0 Å². The Kier molecular flexibility index (Phi) is 5.86. The van der Waals surface area contributed by atoms with Gasteiger partial charge in [-0.2, -0.15) is 11.8 Å². The summed E-state index contributed by atoms with van der Waals surface area (Å²) in [5.41, 5.74) is 0. The molecule has 106 valence electrons. The fourth-order valence-corrected chi connectivity index (χ4v) is 3.56. The second-order valence-electron chi connectivity index (χ2n) is 4.88. The summed E-state index contributed by atoms with van der Waals surface area (Å²) in [6.07, 6.45) is 2.38. The van der Waals surface area contributed by atoms with Crippen LogP contribution >= 0.6 is 11.8 Å². The number of hydrogen-bond acceptors (Lipinski definition) is 4. The van der Waals surface area contributed by atoms with E-state index in [1.54, 1.807) is 7.11 Å². The SMILES string of the molecule is COc1cccc(OCC(CO)C2CCSCC2)c1. The summed E-state index contributed by atoms with van der Waals surface area (Å²) in [6.45, 7) is 0.790. The molecule has 0 spiro atoms. The van der Waals surface area contributed by atoms with Crippen LogP contribution in [0.1, 0.15) is 12.8 Å². The van der Waals surface area contributed by atoms with Gasteiger partial charge >= 0.3 is 0 Å². The lowest BCUT2D eigenvalue weighted by Gasteiger charge is -2.28. The van der Waals surface area contributed by atoms with Crippen LogP contribution in [0.2, 0.25) is 0 Å². The lowest BCUT2D eigenvalue weighted by molar-refractivity contribution is 0.113. The molecule has 1 saturated heterocycles. The average molecular weight is 282 g/mol. The molecule has 1 heterocycles. The Morgan fingerprint density at radius 2 is 2.05 bits per heavy atom. The first-order valence-electron chi connectivity index (χ1n) is 6.79. The van der Waals surface area contributed by atoms with Gasteiger partial charge in [0.1, 0.15) is 11.5 Å². The van der Waals surface area contributed by atoms with Crippen molar-refractivity contribution in [3.05, 3.63) is 24.3 Å². The van der Waals surface area contributed by atoms with Gasteiger partial charge in [-0.3, -0.25) is 0 Å². The van der Waals surface area contributed by atoms with Crippen molar-refractivity contribution >= 4 is 11.8 Å². The average Bonchev–Trinajstić information content (AvgIpc) is 2.49. The van der Waals surface area contributed by atoms with Gasteiger partial charge < -0.3 is 14.6 Å². The molecule has 1 fully saturated rings. The summed E-state index contributed by atoms with van der Waals surface area (Å²) < 4.78 is 11.0. The molecule has 3 nitrogen and oxygen atoms in total. The lowest BCUT2D eigenvalue weighted by atomic mass is 9.88. The molecule has 1 aliphatic heterocycles. The first kappa shape index (κ1) is 14.5. The van der Waals surface area contributed by atoms with Gasteiger partial charge in [0.2, 0.25) is 0 Å². The second-order valence-corrected chi connectivity index (χ2v) is 6.11. The van der Waals surface area contributed by atoms with Crippen LogP contribution in [0.25, 0.3) is 0 Å². The van der Waals surface area contributed by atoms with Gasteiger partial charge in [-0.1, -0.05) is 6.07 Å². The van der Waals surface area contributed by atoms with Crippen LogP contribution in [0, 0.1) is 11.8 Å². The summed E-state index contributed by atoms with van der Waals surface area (Å²) in [5.74, 6) is 4.86. The fraction of sp³-hybridized carbons (Fsp3) is 0.600. The van der Waals surface area contributed by atoms with Crippen LogP contribution in [0.15, 0.2) is 24.3 Å². The van der Waals surface area contributed by atoms with E-state index in [9.17, 15) is 5.11 Å². The molecule has 1 aliphatic rings. The molecule has 1 atom stereocenters. The Balaban J connectivity index is 1.87. The smallest absolute Gasteiger partial charge is 0.123 e. The molecule has 2 rings (SSSR count). The van der Waals surface area contributed by atoms with Gasteiger partial charge in [0, 0.05) is 18.6 Å². The topological polar surface area (TPSA) is 38.7 Å². The number of hydrogen-bond donors (Lipinski definition) is 1. The van der Waals surface area contributed by atoms with Crippen molar-refractivity contribution in [2.75, 3.05) is 31.8 Å². The molecule has 0 bridgehead atoms. The zero-order chi connectivity index (χ0) is 13.5. The third-order valence-corrected chi connectivity index (χ3v) is 4.72. The van der Waals surface area contributed by atoms with Crippen LogP contribution in [0.3, 0.4) is 0 Å². The number of ether oxygens (including phenoxy) is 2. The predicted octanol–water partition coefficient (Wildman–Crippen LogP) is 2.83. The fourth-order valence-electron chi connectivity index (χ4n) is 2.42. The Bertz CT molecular complexity index is 377. The highest BCUT2D eigenvalue weighted by atomic mass is 32.2. The van der Waals surface area contributed by atoms with E-state index in [4.69, 9.17) is 9.47 Å². The normalized spacial score (nSPS) is 18.0. The van der Waals surface area contributed by atoms with Gasteiger partial charge in [0.15, 0.2) is 0 Å². The quantitative estimate of drug-likeness (QED) is 0.871. The minimum atomic E-state index is 0.208. The Morgan fingerprint density at radius 3 is 2.74 bits per heavy atom. The zero-order valence-corrected chi connectivity index (χ0v) is 12.2. The van der Waals surface area contributed by atoms with Gasteiger partial charge in [0.25, 0.3) is 0 Å². The van der Waals surface area contributed by atoms with Crippen molar-refractivity contribution < 1.29 is 14.6 Å². The van der Waals surface area contributed by atoms with E-state index in [1.807, 2.05) is 36.0 Å². The van der Waals surface area contributed by atoms with Crippen molar-refractivity contribution in [2.24, 2.45) is 11.8 Å².